The van der Waals surface area contributed by atoms with Gasteiger partial charge in [0.25, 0.3) is 0 Å². The first kappa shape index (κ1) is 20.2. The number of hydrogen-bond acceptors (Lipinski definition) is 5. The second-order valence-corrected chi connectivity index (χ2v) is 9.19. The number of carboxylic acids is 1. The van der Waals surface area contributed by atoms with Gasteiger partial charge in [-0.3, -0.25) is 9.69 Å². The molecule has 0 unspecified atom stereocenters. The molecule has 3 fully saturated rings. The smallest absolute Gasteiger partial charge is 0.336 e. The SMILES string of the molecule is O=C(O)c1cc(N2CCC(N3CCC[C@H](C(=O)NC4CC4)C3)CC2)nc2ccccc12. The molecule has 31 heavy (non-hydrogen) atoms. The van der Waals surface area contributed by atoms with Crippen molar-refractivity contribution in [1.82, 2.24) is 15.2 Å². The third-order valence-electron chi connectivity index (χ3n) is 6.99. The summed E-state index contributed by atoms with van der Waals surface area (Å²) in [5.74, 6) is 0.187. The molecule has 0 spiro atoms. The lowest BCUT2D eigenvalue weighted by Crippen LogP contribution is -2.51. The van der Waals surface area contributed by atoms with Crippen LogP contribution in [-0.4, -0.2) is 65.1 Å². The summed E-state index contributed by atoms with van der Waals surface area (Å²) in [6.45, 7) is 3.63. The minimum absolute atomic E-state index is 0.118. The summed E-state index contributed by atoms with van der Waals surface area (Å²) < 4.78 is 0. The highest BCUT2D eigenvalue weighted by Crippen LogP contribution is 2.29. The fourth-order valence-electron chi connectivity index (χ4n) is 5.06. The molecule has 0 radical (unpaired) electrons. The number of fused-ring (bicyclic) bond motifs is 1. The summed E-state index contributed by atoms with van der Waals surface area (Å²) in [6.07, 6.45) is 6.35. The Bertz CT molecular complexity index is 982. The molecule has 1 amide bonds. The third kappa shape index (κ3) is 4.37. The van der Waals surface area contributed by atoms with Crippen molar-refractivity contribution >= 4 is 28.6 Å². The highest BCUT2D eigenvalue weighted by atomic mass is 16.4. The molecule has 1 aromatic carbocycles. The fourth-order valence-corrected chi connectivity index (χ4v) is 5.06. The van der Waals surface area contributed by atoms with Gasteiger partial charge in [0.15, 0.2) is 0 Å². The van der Waals surface area contributed by atoms with E-state index >= 15 is 0 Å². The van der Waals surface area contributed by atoms with Gasteiger partial charge in [-0.1, -0.05) is 18.2 Å². The predicted octanol–water partition coefficient (Wildman–Crippen LogP) is 2.89. The number of carbonyl (C=O) groups is 2. The highest BCUT2D eigenvalue weighted by Gasteiger charge is 2.34. The first-order chi connectivity index (χ1) is 15.1. The Morgan fingerprint density at radius 3 is 2.55 bits per heavy atom. The number of nitrogens with one attached hydrogen (secondary N) is 1. The summed E-state index contributed by atoms with van der Waals surface area (Å²) in [5, 5.41) is 13.5. The number of hydrogen-bond donors (Lipinski definition) is 2. The maximum atomic E-state index is 12.5. The average molecular weight is 423 g/mol. The van der Waals surface area contributed by atoms with E-state index < -0.39 is 5.97 Å². The number of piperidine rings is 2. The number of nitrogens with zero attached hydrogens (tertiary/aromatic N) is 3. The van der Waals surface area contributed by atoms with Gasteiger partial charge < -0.3 is 15.3 Å². The summed E-state index contributed by atoms with van der Waals surface area (Å²) in [6, 6.07) is 10.0. The second kappa shape index (κ2) is 8.46. The van der Waals surface area contributed by atoms with E-state index in [1.54, 1.807) is 6.07 Å². The zero-order valence-corrected chi connectivity index (χ0v) is 17.8. The summed E-state index contributed by atoms with van der Waals surface area (Å²) >= 11 is 0. The quantitative estimate of drug-likeness (QED) is 0.771. The third-order valence-corrected chi connectivity index (χ3v) is 6.99. The van der Waals surface area contributed by atoms with Crippen molar-refractivity contribution in [3.8, 4) is 0 Å². The topological polar surface area (TPSA) is 85.8 Å². The van der Waals surface area contributed by atoms with Crippen LogP contribution in [0.4, 0.5) is 5.82 Å². The standard InChI is InChI=1S/C24H30N4O3/c29-23(25-17-7-8-17)16-4-3-11-28(15-16)18-9-12-27(13-10-18)22-14-20(24(30)31)19-5-1-2-6-21(19)26-22/h1-2,5-6,14,16-18H,3-4,7-13,15H2,(H,25,29)(H,30,31)/t16-/m0/s1. The van der Waals surface area contributed by atoms with E-state index in [1.807, 2.05) is 24.3 Å². The van der Waals surface area contributed by atoms with E-state index in [1.165, 1.54) is 0 Å². The van der Waals surface area contributed by atoms with Crippen molar-refractivity contribution in [2.75, 3.05) is 31.1 Å². The monoisotopic (exact) mass is 422 g/mol. The van der Waals surface area contributed by atoms with Crippen LogP contribution in [0.15, 0.2) is 30.3 Å². The van der Waals surface area contributed by atoms with Gasteiger partial charge in [-0.25, -0.2) is 9.78 Å². The normalized spacial score (nSPS) is 23.1. The number of aromatic nitrogens is 1. The molecule has 1 aliphatic carbocycles. The zero-order chi connectivity index (χ0) is 21.4. The molecule has 2 N–H and O–H groups in total. The largest absolute Gasteiger partial charge is 0.478 e. The van der Waals surface area contributed by atoms with Gasteiger partial charge in [0.05, 0.1) is 17.0 Å². The molecule has 3 heterocycles. The van der Waals surface area contributed by atoms with Crippen LogP contribution in [-0.2, 0) is 4.79 Å². The Labute approximate surface area is 182 Å². The van der Waals surface area contributed by atoms with Crippen molar-refractivity contribution in [3.63, 3.8) is 0 Å². The molecule has 7 heteroatoms. The van der Waals surface area contributed by atoms with Crippen LogP contribution in [0.1, 0.15) is 48.9 Å². The van der Waals surface area contributed by atoms with Gasteiger partial charge in [-0.2, -0.15) is 0 Å². The number of rotatable bonds is 5. The Kier molecular flexibility index (Phi) is 5.52. The molecule has 1 aromatic heterocycles. The molecule has 2 aromatic rings. The van der Waals surface area contributed by atoms with Crippen LogP contribution in [0.3, 0.4) is 0 Å². The van der Waals surface area contributed by atoms with Crippen molar-refractivity contribution in [2.45, 2.75) is 50.6 Å². The number of carbonyl (C=O) groups excluding carboxylic acids is 1. The van der Waals surface area contributed by atoms with Crippen molar-refractivity contribution in [3.05, 3.63) is 35.9 Å². The molecule has 1 atom stereocenters. The van der Waals surface area contributed by atoms with Crippen molar-refractivity contribution < 1.29 is 14.7 Å². The number of benzene rings is 1. The van der Waals surface area contributed by atoms with Gasteiger partial charge in [-0.05, 0) is 57.2 Å². The molecular formula is C24H30N4O3. The summed E-state index contributed by atoms with van der Waals surface area (Å²) in [5.41, 5.74) is 1.03. The molecule has 0 bridgehead atoms. The molecule has 5 rings (SSSR count). The number of amides is 1. The second-order valence-electron chi connectivity index (χ2n) is 9.19. The molecule has 2 saturated heterocycles. The van der Waals surface area contributed by atoms with E-state index in [-0.39, 0.29) is 11.8 Å². The number of pyridine rings is 1. The first-order valence-electron chi connectivity index (χ1n) is 11.5. The van der Waals surface area contributed by atoms with E-state index in [9.17, 15) is 14.7 Å². The molecule has 164 valence electrons. The predicted molar refractivity (Wildman–Crippen MR) is 119 cm³/mol. The van der Waals surface area contributed by atoms with E-state index in [4.69, 9.17) is 4.98 Å². The summed E-state index contributed by atoms with van der Waals surface area (Å²) in [4.78, 5) is 33.7. The van der Waals surface area contributed by atoms with Crippen LogP contribution in [0.5, 0.6) is 0 Å². The van der Waals surface area contributed by atoms with Crippen molar-refractivity contribution in [2.24, 2.45) is 5.92 Å². The molecule has 3 aliphatic rings. The van der Waals surface area contributed by atoms with Gasteiger partial charge in [0.1, 0.15) is 5.82 Å². The average Bonchev–Trinajstić information content (AvgIpc) is 3.62. The number of carboxylic acid groups (broad SMARTS) is 1. The van der Waals surface area contributed by atoms with Gasteiger partial charge in [0, 0.05) is 37.1 Å². The highest BCUT2D eigenvalue weighted by molar-refractivity contribution is 6.03. The van der Waals surface area contributed by atoms with Crippen LogP contribution < -0.4 is 10.2 Å². The molecule has 7 nitrogen and oxygen atoms in total. The minimum atomic E-state index is -0.918. The van der Waals surface area contributed by atoms with E-state index in [0.717, 1.165) is 76.0 Å². The Morgan fingerprint density at radius 2 is 1.81 bits per heavy atom. The van der Waals surface area contributed by atoms with Crippen LogP contribution in [0.25, 0.3) is 10.9 Å². The maximum absolute atomic E-state index is 12.5. The lowest BCUT2D eigenvalue weighted by molar-refractivity contribution is -0.127. The van der Waals surface area contributed by atoms with Gasteiger partial charge >= 0.3 is 5.97 Å². The van der Waals surface area contributed by atoms with Crippen LogP contribution in [0, 0.1) is 5.92 Å². The maximum Gasteiger partial charge on any atom is 0.336 e. The fraction of sp³-hybridized carbons (Fsp3) is 0.542. The molecule has 1 saturated carbocycles. The van der Waals surface area contributed by atoms with Crippen molar-refractivity contribution in [1.29, 1.82) is 0 Å². The first-order valence-corrected chi connectivity index (χ1v) is 11.5. The molecular weight excluding hydrogens is 392 g/mol. The van der Waals surface area contributed by atoms with Gasteiger partial charge in [0.2, 0.25) is 5.91 Å². The number of para-hydroxylation sites is 1. The minimum Gasteiger partial charge on any atom is -0.478 e. The number of aromatic carboxylic acids is 1. The molecule has 2 aliphatic heterocycles. The Balaban J connectivity index is 1.24. The number of likely N-dealkylation sites (tertiary alicyclic amines) is 1. The summed E-state index contributed by atoms with van der Waals surface area (Å²) in [7, 11) is 0. The van der Waals surface area contributed by atoms with Gasteiger partial charge in [-0.15, -0.1) is 0 Å². The van der Waals surface area contributed by atoms with Crippen LogP contribution in [0.2, 0.25) is 0 Å². The lowest BCUT2D eigenvalue weighted by Gasteiger charge is -2.42. The Hall–Kier alpha value is -2.67. The zero-order valence-electron chi connectivity index (χ0n) is 17.8. The number of anilines is 1. The lowest BCUT2D eigenvalue weighted by atomic mass is 9.93. The van der Waals surface area contributed by atoms with E-state index in [2.05, 4.69) is 15.1 Å². The Morgan fingerprint density at radius 1 is 1.03 bits per heavy atom. The van der Waals surface area contributed by atoms with Crippen LogP contribution >= 0.6 is 0 Å². The van der Waals surface area contributed by atoms with E-state index in [0.29, 0.717) is 23.0 Å².